The van der Waals surface area contributed by atoms with Gasteiger partial charge in [0.2, 0.25) is 0 Å². The van der Waals surface area contributed by atoms with E-state index in [1.807, 2.05) is 0 Å². The van der Waals surface area contributed by atoms with Crippen molar-refractivity contribution in [3.8, 4) is 0 Å². The first kappa shape index (κ1) is 15.2. The summed E-state index contributed by atoms with van der Waals surface area (Å²) in [5.41, 5.74) is 0. The fourth-order valence-corrected chi connectivity index (χ4v) is 0.703. The predicted molar refractivity (Wildman–Crippen MR) is 57.9 cm³/mol. The molecule has 0 aliphatic rings. The molecule has 0 rings (SSSR count). The van der Waals surface area contributed by atoms with Crippen molar-refractivity contribution >= 4 is 17.9 Å². The van der Waals surface area contributed by atoms with Gasteiger partial charge in [0.25, 0.3) is 0 Å². The molecule has 6 heteroatoms. The molecule has 0 atom stereocenters. The summed E-state index contributed by atoms with van der Waals surface area (Å²) in [5.74, 6) is -1.92. The Hall–Kier alpha value is -1.85. The highest BCUT2D eigenvalue weighted by molar-refractivity contribution is 5.91. The third-order valence-electron chi connectivity index (χ3n) is 1.60. The van der Waals surface area contributed by atoms with E-state index in [2.05, 4.69) is 9.47 Å². The molecular weight excluding hydrogens is 228 g/mol. The number of carbonyl (C=O) groups is 3. The van der Waals surface area contributed by atoms with Gasteiger partial charge in [0.1, 0.15) is 13.2 Å². The van der Waals surface area contributed by atoms with Crippen LogP contribution in [0.5, 0.6) is 0 Å². The lowest BCUT2D eigenvalue weighted by atomic mass is 10.2. The van der Waals surface area contributed by atoms with Crippen LogP contribution < -0.4 is 0 Å². The van der Waals surface area contributed by atoms with Crippen molar-refractivity contribution in [1.29, 1.82) is 0 Å². The molecule has 0 spiro atoms. The van der Waals surface area contributed by atoms with Crippen LogP contribution in [-0.4, -0.2) is 38.2 Å². The van der Waals surface area contributed by atoms with E-state index in [0.717, 1.165) is 12.2 Å². The first-order valence-corrected chi connectivity index (χ1v) is 5.06. The maximum absolute atomic E-state index is 11.0. The van der Waals surface area contributed by atoms with Crippen LogP contribution in [-0.2, 0) is 28.6 Å². The lowest BCUT2D eigenvalue weighted by Gasteiger charge is -2.06. The molecule has 0 aromatic rings. The number of carbonyl (C=O) groups excluding carboxylic acids is 3. The maximum Gasteiger partial charge on any atom is 0.331 e. The molecule has 0 saturated heterocycles. The molecule has 0 heterocycles. The first-order valence-electron chi connectivity index (χ1n) is 5.06. The van der Waals surface area contributed by atoms with E-state index in [-0.39, 0.29) is 25.1 Å². The molecule has 0 radical (unpaired) electrons. The SMILES string of the molecule is COC(=O)C=CC(=O)OCCOC(=O)C(C)C. The third-order valence-corrected chi connectivity index (χ3v) is 1.60. The summed E-state index contributed by atoms with van der Waals surface area (Å²) < 4.78 is 13.7. The summed E-state index contributed by atoms with van der Waals surface area (Å²) in [5, 5.41) is 0. The molecule has 0 N–H and O–H groups in total. The summed E-state index contributed by atoms with van der Waals surface area (Å²) in [4.78, 5) is 32.6. The van der Waals surface area contributed by atoms with E-state index in [1.54, 1.807) is 13.8 Å². The molecule has 0 fully saturated rings. The van der Waals surface area contributed by atoms with Gasteiger partial charge in [-0.1, -0.05) is 13.8 Å². The summed E-state index contributed by atoms with van der Waals surface area (Å²) >= 11 is 0. The molecule has 0 aromatic carbocycles. The van der Waals surface area contributed by atoms with Gasteiger partial charge in [-0.3, -0.25) is 4.79 Å². The second kappa shape index (κ2) is 8.32. The largest absolute Gasteiger partial charge is 0.466 e. The Morgan fingerprint density at radius 2 is 1.53 bits per heavy atom. The first-order chi connectivity index (χ1) is 7.97. The van der Waals surface area contributed by atoms with Crippen LogP contribution in [0.4, 0.5) is 0 Å². The van der Waals surface area contributed by atoms with Crippen molar-refractivity contribution in [3.63, 3.8) is 0 Å². The third kappa shape index (κ3) is 8.01. The van der Waals surface area contributed by atoms with Crippen LogP contribution >= 0.6 is 0 Å². The molecule has 0 aliphatic heterocycles. The number of ether oxygens (including phenoxy) is 3. The number of methoxy groups -OCH3 is 1. The van der Waals surface area contributed by atoms with Crippen molar-refractivity contribution in [2.45, 2.75) is 13.8 Å². The zero-order chi connectivity index (χ0) is 13.3. The van der Waals surface area contributed by atoms with Crippen molar-refractivity contribution in [2.24, 2.45) is 5.92 Å². The van der Waals surface area contributed by atoms with Gasteiger partial charge in [-0.05, 0) is 0 Å². The lowest BCUT2D eigenvalue weighted by Crippen LogP contribution is -2.16. The smallest absolute Gasteiger partial charge is 0.331 e. The Bertz CT molecular complexity index is 305. The summed E-state index contributed by atoms with van der Waals surface area (Å²) in [6.45, 7) is 3.35. The van der Waals surface area contributed by atoms with E-state index in [1.165, 1.54) is 7.11 Å². The molecule has 0 aromatic heterocycles. The Morgan fingerprint density at radius 1 is 1.00 bits per heavy atom. The van der Waals surface area contributed by atoms with Gasteiger partial charge < -0.3 is 14.2 Å². The highest BCUT2D eigenvalue weighted by Gasteiger charge is 2.07. The van der Waals surface area contributed by atoms with E-state index < -0.39 is 11.9 Å². The van der Waals surface area contributed by atoms with Gasteiger partial charge in [0, 0.05) is 12.2 Å². The van der Waals surface area contributed by atoms with Crippen LogP contribution in [0.25, 0.3) is 0 Å². The van der Waals surface area contributed by atoms with Gasteiger partial charge in [0.15, 0.2) is 0 Å². The summed E-state index contributed by atoms with van der Waals surface area (Å²) in [6.07, 6.45) is 1.89. The van der Waals surface area contributed by atoms with Crippen LogP contribution in [0, 0.1) is 5.92 Å². The van der Waals surface area contributed by atoms with E-state index in [4.69, 9.17) is 4.74 Å². The average molecular weight is 244 g/mol. The van der Waals surface area contributed by atoms with E-state index in [0.29, 0.717) is 0 Å². The maximum atomic E-state index is 11.0. The van der Waals surface area contributed by atoms with Gasteiger partial charge in [-0.15, -0.1) is 0 Å². The van der Waals surface area contributed by atoms with Crippen molar-refractivity contribution in [3.05, 3.63) is 12.2 Å². The topological polar surface area (TPSA) is 78.9 Å². The molecule has 0 unspecified atom stereocenters. The molecule has 0 bridgehead atoms. The normalized spacial score (nSPS) is 10.4. The van der Waals surface area contributed by atoms with Gasteiger partial charge in [-0.2, -0.15) is 0 Å². The lowest BCUT2D eigenvalue weighted by molar-refractivity contribution is -0.152. The minimum Gasteiger partial charge on any atom is -0.466 e. The Kier molecular flexibility index (Phi) is 7.41. The Labute approximate surface area is 99.5 Å². The van der Waals surface area contributed by atoms with Gasteiger partial charge >= 0.3 is 17.9 Å². The number of rotatable bonds is 6. The average Bonchev–Trinajstić information content (AvgIpc) is 2.30. The van der Waals surface area contributed by atoms with Crippen LogP contribution in [0.3, 0.4) is 0 Å². The molecule has 0 aliphatic carbocycles. The quantitative estimate of drug-likeness (QED) is 0.292. The standard InChI is InChI=1S/C11H16O6/c1-8(2)11(14)17-7-6-16-10(13)5-4-9(12)15-3/h4-5,8H,6-7H2,1-3H3. The molecule has 17 heavy (non-hydrogen) atoms. The molecule has 0 saturated carbocycles. The van der Waals surface area contributed by atoms with Gasteiger partial charge in [0.05, 0.1) is 13.0 Å². The van der Waals surface area contributed by atoms with Crippen molar-refractivity contribution in [2.75, 3.05) is 20.3 Å². The zero-order valence-electron chi connectivity index (χ0n) is 10.1. The molecule has 96 valence electrons. The van der Waals surface area contributed by atoms with Crippen molar-refractivity contribution in [1.82, 2.24) is 0 Å². The predicted octanol–water partition coefficient (Wildman–Crippen LogP) is 0.458. The van der Waals surface area contributed by atoms with E-state index in [9.17, 15) is 14.4 Å². The van der Waals surface area contributed by atoms with Crippen molar-refractivity contribution < 1.29 is 28.6 Å². The second-order valence-electron chi connectivity index (χ2n) is 3.35. The monoisotopic (exact) mass is 244 g/mol. The molecule has 6 nitrogen and oxygen atoms in total. The Morgan fingerprint density at radius 3 is 2.06 bits per heavy atom. The number of hydrogen-bond donors (Lipinski definition) is 0. The highest BCUT2D eigenvalue weighted by Crippen LogP contribution is 1.95. The fourth-order valence-electron chi connectivity index (χ4n) is 0.703. The molecule has 0 amide bonds. The zero-order valence-corrected chi connectivity index (χ0v) is 10.1. The number of hydrogen-bond acceptors (Lipinski definition) is 6. The number of esters is 3. The fraction of sp³-hybridized carbons (Fsp3) is 0.545. The summed E-state index contributed by atoms with van der Waals surface area (Å²) in [6, 6.07) is 0. The Balaban J connectivity index is 3.69. The van der Waals surface area contributed by atoms with Gasteiger partial charge in [-0.25, -0.2) is 9.59 Å². The second-order valence-corrected chi connectivity index (χ2v) is 3.35. The minimum atomic E-state index is -0.698. The van der Waals surface area contributed by atoms with Crippen LogP contribution in [0.15, 0.2) is 12.2 Å². The highest BCUT2D eigenvalue weighted by atomic mass is 16.6. The summed E-state index contributed by atoms with van der Waals surface area (Å²) in [7, 11) is 1.20. The van der Waals surface area contributed by atoms with Crippen LogP contribution in [0.2, 0.25) is 0 Å². The molecular formula is C11H16O6. The van der Waals surface area contributed by atoms with Crippen LogP contribution in [0.1, 0.15) is 13.8 Å². The van der Waals surface area contributed by atoms with E-state index >= 15 is 0 Å². The minimum absolute atomic E-state index is 0.00514.